The quantitative estimate of drug-likeness (QED) is 0.147. The molecule has 3 saturated heterocycles. The topological polar surface area (TPSA) is 151 Å². The molecule has 4 aromatic rings. The molecule has 6 heterocycles. The van der Waals surface area contributed by atoms with Crippen LogP contribution in [0, 0.1) is 23.2 Å². The Morgan fingerprint density at radius 3 is 2.56 bits per heavy atom. The summed E-state index contributed by atoms with van der Waals surface area (Å²) in [7, 11) is 4.87. The van der Waals surface area contributed by atoms with Crippen LogP contribution in [-0.4, -0.2) is 113 Å². The Labute approximate surface area is 315 Å². The van der Waals surface area contributed by atoms with Gasteiger partial charge in [-0.1, -0.05) is 29.8 Å². The third-order valence-electron chi connectivity index (χ3n) is 14.6. The number of aliphatic hydroxyl groups excluding tert-OH is 2. The molecule has 4 aliphatic heterocycles. The first kappa shape index (κ1) is 35.5. The van der Waals surface area contributed by atoms with Crippen LogP contribution in [0.15, 0.2) is 48.0 Å². The number of benzene rings is 2. The van der Waals surface area contributed by atoms with Gasteiger partial charge >= 0.3 is 11.9 Å². The number of carbonyl (C=O) groups excluding carboxylic acids is 2. The minimum absolute atomic E-state index is 0.0945. The van der Waals surface area contributed by atoms with Crippen molar-refractivity contribution in [2.24, 2.45) is 23.2 Å². The van der Waals surface area contributed by atoms with Crippen LogP contribution in [0.25, 0.3) is 21.8 Å². The molecule has 5 N–H and O–H groups in total. The van der Waals surface area contributed by atoms with Crippen LogP contribution in [0.5, 0.6) is 5.75 Å². The maximum absolute atomic E-state index is 14.4. The highest BCUT2D eigenvalue weighted by molar-refractivity contribution is 5.95. The summed E-state index contributed by atoms with van der Waals surface area (Å²) in [5.41, 5.74) is 5.09. The molecule has 6 aliphatic rings. The fraction of sp³-hybridized carbons (Fsp3) is 0.535. The number of piperidine rings is 3. The van der Waals surface area contributed by atoms with Crippen molar-refractivity contribution in [1.82, 2.24) is 19.8 Å². The van der Waals surface area contributed by atoms with E-state index in [0.717, 1.165) is 69.4 Å². The number of aromatic amines is 2. The lowest BCUT2D eigenvalue weighted by Crippen LogP contribution is -2.68. The minimum atomic E-state index is -1.26. The van der Waals surface area contributed by atoms with Gasteiger partial charge in [0, 0.05) is 82.7 Å². The number of carbonyl (C=O) groups is 2. The summed E-state index contributed by atoms with van der Waals surface area (Å²) < 4.78 is 11.3. The lowest BCUT2D eigenvalue weighted by Gasteiger charge is -2.58. The number of rotatable bonds is 5. The Morgan fingerprint density at radius 1 is 1.06 bits per heavy atom. The monoisotopic (exact) mass is 736 g/mol. The maximum atomic E-state index is 14.4. The summed E-state index contributed by atoms with van der Waals surface area (Å²) >= 11 is 0. The molecule has 11 nitrogen and oxygen atoms in total. The zero-order valence-electron chi connectivity index (χ0n) is 31.8. The van der Waals surface area contributed by atoms with Gasteiger partial charge < -0.3 is 34.8 Å². The molecular weight excluding hydrogens is 684 g/mol. The summed E-state index contributed by atoms with van der Waals surface area (Å²) in [5.74, 6) is -1.32. The zero-order chi connectivity index (χ0) is 37.8. The van der Waals surface area contributed by atoms with E-state index in [1.165, 1.54) is 14.2 Å². The highest BCUT2D eigenvalue weighted by Crippen LogP contribution is 2.58. The summed E-state index contributed by atoms with van der Waals surface area (Å²) in [6.45, 7) is 5.70. The van der Waals surface area contributed by atoms with Crippen LogP contribution < -0.4 is 0 Å². The number of phenols is 1. The molecule has 1 unspecified atom stereocenters. The summed E-state index contributed by atoms with van der Waals surface area (Å²) in [4.78, 5) is 40.8. The summed E-state index contributed by atoms with van der Waals surface area (Å²) in [6.07, 6.45) is 4.56. The highest BCUT2D eigenvalue weighted by Gasteiger charge is 2.64. The van der Waals surface area contributed by atoms with Crippen molar-refractivity contribution in [2.45, 2.75) is 75.5 Å². The largest absolute Gasteiger partial charge is 0.508 e. The third kappa shape index (κ3) is 4.61. The third-order valence-corrected chi connectivity index (χ3v) is 14.6. The molecule has 0 spiro atoms. The minimum Gasteiger partial charge on any atom is -0.508 e. The number of likely N-dealkylation sites (tertiary alicyclic amines) is 1. The number of para-hydroxylation sites is 1. The number of aliphatic hydroxyl groups is 2. The van der Waals surface area contributed by atoms with Gasteiger partial charge in [0.2, 0.25) is 0 Å². The van der Waals surface area contributed by atoms with E-state index in [1.54, 1.807) is 6.07 Å². The number of aromatic hydroxyl groups is 1. The number of phenolic OH excluding ortho intramolecular Hbond substituents is 1. The van der Waals surface area contributed by atoms with Crippen molar-refractivity contribution < 1.29 is 34.4 Å². The molecule has 54 heavy (non-hydrogen) atoms. The Kier molecular flexibility index (Phi) is 8.35. The van der Waals surface area contributed by atoms with E-state index in [1.807, 2.05) is 39.1 Å². The van der Waals surface area contributed by atoms with Gasteiger partial charge in [-0.25, -0.2) is 0 Å². The van der Waals surface area contributed by atoms with E-state index in [9.17, 15) is 24.9 Å². The average Bonchev–Trinajstić information content (AvgIpc) is 3.71. The van der Waals surface area contributed by atoms with Crippen molar-refractivity contribution in [2.75, 3.05) is 47.5 Å². The number of esters is 2. The van der Waals surface area contributed by atoms with E-state index in [-0.39, 0.29) is 42.2 Å². The van der Waals surface area contributed by atoms with Gasteiger partial charge in [-0.05, 0) is 88.2 Å². The first-order valence-corrected chi connectivity index (χ1v) is 19.5. The number of hydrogen-bond acceptors (Lipinski definition) is 9. The van der Waals surface area contributed by atoms with Crippen LogP contribution >= 0.6 is 0 Å². The van der Waals surface area contributed by atoms with Crippen LogP contribution in [0.3, 0.4) is 0 Å². The van der Waals surface area contributed by atoms with E-state index >= 15 is 0 Å². The fourth-order valence-electron chi connectivity index (χ4n) is 12.5. The zero-order valence-corrected chi connectivity index (χ0v) is 31.8. The Balaban J connectivity index is 1.33. The second-order valence-corrected chi connectivity index (χ2v) is 16.9. The molecule has 2 aromatic carbocycles. The molecule has 286 valence electrons. The normalized spacial score (nSPS) is 34.5. The van der Waals surface area contributed by atoms with Crippen molar-refractivity contribution >= 4 is 33.7 Å². The lowest BCUT2D eigenvalue weighted by atomic mass is 9.56. The van der Waals surface area contributed by atoms with Crippen molar-refractivity contribution in [3.63, 3.8) is 0 Å². The van der Waals surface area contributed by atoms with Crippen LogP contribution in [0.4, 0.5) is 0 Å². The molecule has 2 aromatic heterocycles. The predicted octanol–water partition coefficient (Wildman–Crippen LogP) is 4.52. The number of nitrogens with one attached hydrogen (secondary N) is 2. The Morgan fingerprint density at radius 2 is 1.83 bits per heavy atom. The Hall–Kier alpha value is -4.16. The Bertz CT molecular complexity index is 2200. The van der Waals surface area contributed by atoms with Gasteiger partial charge in [0.05, 0.1) is 32.4 Å². The first-order valence-electron chi connectivity index (χ1n) is 19.5. The van der Waals surface area contributed by atoms with Gasteiger partial charge in [0.15, 0.2) is 0 Å². The van der Waals surface area contributed by atoms with E-state index in [4.69, 9.17) is 9.47 Å². The predicted molar refractivity (Wildman–Crippen MR) is 204 cm³/mol. The molecular formula is C43H52N4O7. The highest BCUT2D eigenvalue weighted by atomic mass is 16.5. The van der Waals surface area contributed by atoms with Gasteiger partial charge in [-0.2, -0.15) is 0 Å². The molecule has 4 fully saturated rings. The number of aromatic nitrogens is 2. The van der Waals surface area contributed by atoms with Crippen molar-refractivity contribution in [3.05, 3.63) is 76.1 Å². The SMILES string of the molecule is C/C=C1\CN(C)[C@H]2Cc3c([nH]c4ccccc34)[C@@H](c3c(O)ccc4c5c([nH]c34)[C@]3(C(=O)OC)C[C@H]4C[C@H]([C@H](C)O)[C@@H]3N(CC5)C4)C[C@@H]1[C@]2(CO)C(=O)OC. The fourth-order valence-corrected chi connectivity index (χ4v) is 12.5. The van der Waals surface area contributed by atoms with Gasteiger partial charge in [-0.15, -0.1) is 0 Å². The average molecular weight is 737 g/mol. The molecule has 6 bridgehead atoms. The van der Waals surface area contributed by atoms with Crippen molar-refractivity contribution in [1.29, 1.82) is 0 Å². The number of allylic oxidation sites excluding steroid dienone is 1. The van der Waals surface area contributed by atoms with Gasteiger partial charge in [0.1, 0.15) is 16.6 Å². The number of hydrogen-bond donors (Lipinski definition) is 5. The van der Waals surface area contributed by atoms with Crippen molar-refractivity contribution in [3.8, 4) is 5.75 Å². The molecule has 0 amide bonds. The number of nitrogens with zero attached hydrogens (tertiary/aromatic N) is 2. The van der Waals surface area contributed by atoms with Gasteiger partial charge in [-0.3, -0.25) is 19.4 Å². The number of fused-ring (bicyclic) bond motifs is 9. The number of ether oxygens (including phenoxy) is 2. The number of H-pyrrole nitrogens is 2. The smallest absolute Gasteiger partial charge is 0.319 e. The molecule has 0 radical (unpaired) electrons. The maximum Gasteiger partial charge on any atom is 0.319 e. The summed E-state index contributed by atoms with van der Waals surface area (Å²) in [6, 6.07) is 11.3. The van der Waals surface area contributed by atoms with E-state index < -0.39 is 34.7 Å². The van der Waals surface area contributed by atoms with Crippen LogP contribution in [-0.2, 0) is 37.3 Å². The van der Waals surface area contributed by atoms with E-state index in [0.29, 0.717) is 37.8 Å². The number of methoxy groups -OCH3 is 2. The molecule has 10 rings (SSSR count). The van der Waals surface area contributed by atoms with Gasteiger partial charge in [0.25, 0.3) is 0 Å². The molecule has 2 aliphatic carbocycles. The van der Waals surface area contributed by atoms with Crippen LogP contribution in [0.1, 0.15) is 67.1 Å². The molecule has 11 heteroatoms. The molecule has 10 atom stereocenters. The van der Waals surface area contributed by atoms with Crippen LogP contribution in [0.2, 0.25) is 0 Å². The van der Waals surface area contributed by atoms with E-state index in [2.05, 4.69) is 38.0 Å². The number of likely N-dealkylation sites (N-methyl/N-ethyl adjacent to an activating group) is 1. The lowest BCUT2D eigenvalue weighted by molar-refractivity contribution is -0.169. The first-order chi connectivity index (χ1) is 26.0. The standard InChI is InChI=1S/C43H52N4O7/c1-6-24-20-46(3)34-17-29-25-9-7-8-10-32(25)44-36(29)30(16-31(24)43(34,21-48)41(52)54-5)35-33(50)12-11-26-27-13-14-47-19-23-15-28(22(2)49)39(47)42(18-23,40(51)53-4)38(27)45-37(26)35/h6-12,22-23,28,30-31,34,39,44-45,48-50H,13-21H2,1-5H3/b24-6+/t22-,23+,28+,30+,31-,34-,39-,42+,43-/m0/s1. The second-order valence-electron chi connectivity index (χ2n) is 16.9. The summed E-state index contributed by atoms with van der Waals surface area (Å²) in [5, 5.41) is 36.7. The second kappa shape index (κ2) is 12.7. The molecule has 1 saturated carbocycles.